The Morgan fingerprint density at radius 1 is 1.42 bits per heavy atom. The first-order valence-corrected chi connectivity index (χ1v) is 7.14. The molecule has 3 heterocycles. The van der Waals surface area contributed by atoms with Crippen LogP contribution in [0, 0.1) is 5.92 Å². The van der Waals surface area contributed by atoms with Gasteiger partial charge in [-0.3, -0.25) is 0 Å². The molecule has 3 rings (SSSR count). The largest absolute Gasteiger partial charge is 0.369 e. The summed E-state index contributed by atoms with van der Waals surface area (Å²) in [6.07, 6.45) is 8.33. The number of fused-ring (bicyclic) bond motifs is 1. The molecule has 0 aliphatic carbocycles. The molecular formula is C14H21N5. The minimum absolute atomic E-state index is 0.791. The Morgan fingerprint density at radius 2 is 2.32 bits per heavy atom. The third kappa shape index (κ3) is 2.25. The van der Waals surface area contributed by atoms with Crippen LogP contribution in [0.4, 0.5) is 11.6 Å². The Balaban J connectivity index is 1.98. The van der Waals surface area contributed by atoms with Gasteiger partial charge in [-0.15, -0.1) is 0 Å². The minimum Gasteiger partial charge on any atom is -0.369 e. The molecule has 0 spiro atoms. The van der Waals surface area contributed by atoms with Crippen LogP contribution in [0.5, 0.6) is 0 Å². The highest BCUT2D eigenvalue weighted by Gasteiger charge is 2.24. The summed E-state index contributed by atoms with van der Waals surface area (Å²) in [6, 6.07) is 0. The van der Waals surface area contributed by atoms with E-state index < -0.39 is 0 Å². The highest BCUT2D eigenvalue weighted by atomic mass is 15.3. The third-order valence-electron chi connectivity index (χ3n) is 3.88. The number of anilines is 2. The van der Waals surface area contributed by atoms with Crippen molar-refractivity contribution in [2.24, 2.45) is 5.92 Å². The summed E-state index contributed by atoms with van der Waals surface area (Å²) in [7, 11) is 0. The zero-order valence-corrected chi connectivity index (χ0v) is 11.6. The van der Waals surface area contributed by atoms with Crippen molar-refractivity contribution in [1.82, 2.24) is 14.4 Å². The molecule has 1 saturated heterocycles. The van der Waals surface area contributed by atoms with E-state index in [9.17, 15) is 0 Å². The number of aromatic nitrogens is 3. The van der Waals surface area contributed by atoms with Crippen LogP contribution in [0.15, 0.2) is 18.6 Å². The van der Waals surface area contributed by atoms with Gasteiger partial charge in [-0.05, 0) is 19.3 Å². The molecule has 102 valence electrons. The fraction of sp³-hybridized carbons (Fsp3) is 0.571. The maximum Gasteiger partial charge on any atom is 0.180 e. The molecule has 0 amide bonds. The number of hydrogen-bond donors (Lipinski definition) is 1. The van der Waals surface area contributed by atoms with Gasteiger partial charge in [-0.1, -0.05) is 13.3 Å². The van der Waals surface area contributed by atoms with E-state index in [1.54, 1.807) is 0 Å². The summed E-state index contributed by atoms with van der Waals surface area (Å²) in [5.41, 5.74) is 0.957. The highest BCUT2D eigenvalue weighted by Crippen LogP contribution is 2.27. The Kier molecular flexibility index (Phi) is 3.27. The fourth-order valence-corrected chi connectivity index (χ4v) is 2.75. The Bertz CT molecular complexity index is 562. The quantitative estimate of drug-likeness (QED) is 0.915. The Hall–Kier alpha value is -1.78. The van der Waals surface area contributed by atoms with E-state index >= 15 is 0 Å². The van der Waals surface area contributed by atoms with E-state index in [-0.39, 0.29) is 0 Å². The van der Waals surface area contributed by atoms with Crippen molar-refractivity contribution in [2.75, 3.05) is 29.9 Å². The molecule has 1 unspecified atom stereocenters. The molecule has 5 nitrogen and oxygen atoms in total. The van der Waals surface area contributed by atoms with Gasteiger partial charge in [0.1, 0.15) is 5.82 Å². The molecular weight excluding hydrogens is 238 g/mol. The van der Waals surface area contributed by atoms with Crippen LogP contribution < -0.4 is 10.2 Å². The zero-order valence-electron chi connectivity index (χ0n) is 11.6. The van der Waals surface area contributed by atoms with E-state index in [0.29, 0.717) is 0 Å². The lowest BCUT2D eigenvalue weighted by molar-refractivity contribution is 0.569. The van der Waals surface area contributed by atoms with Crippen molar-refractivity contribution in [2.45, 2.75) is 26.7 Å². The van der Waals surface area contributed by atoms with Gasteiger partial charge in [-0.25, -0.2) is 9.97 Å². The maximum atomic E-state index is 4.75. The highest BCUT2D eigenvalue weighted by molar-refractivity contribution is 5.67. The first-order chi connectivity index (χ1) is 9.31. The molecule has 1 aliphatic rings. The smallest absolute Gasteiger partial charge is 0.180 e. The van der Waals surface area contributed by atoms with E-state index in [1.807, 2.05) is 18.6 Å². The predicted molar refractivity (Wildman–Crippen MR) is 77.8 cm³/mol. The van der Waals surface area contributed by atoms with Gasteiger partial charge in [0.25, 0.3) is 0 Å². The van der Waals surface area contributed by atoms with Crippen LogP contribution in [0.2, 0.25) is 0 Å². The second-order valence-corrected chi connectivity index (χ2v) is 5.15. The lowest BCUT2D eigenvalue weighted by Crippen LogP contribution is -2.22. The number of hydrogen-bond acceptors (Lipinski definition) is 4. The average molecular weight is 259 g/mol. The van der Waals surface area contributed by atoms with Crippen molar-refractivity contribution in [3.8, 4) is 0 Å². The molecule has 1 N–H and O–H groups in total. The van der Waals surface area contributed by atoms with Gasteiger partial charge in [0, 0.05) is 32.0 Å². The summed E-state index contributed by atoms with van der Waals surface area (Å²) in [5, 5.41) is 3.29. The van der Waals surface area contributed by atoms with Gasteiger partial charge in [0.05, 0.1) is 6.20 Å². The topological polar surface area (TPSA) is 45.5 Å². The van der Waals surface area contributed by atoms with Crippen molar-refractivity contribution in [3.63, 3.8) is 0 Å². The predicted octanol–water partition coefficient (Wildman–Crippen LogP) is 2.40. The molecule has 2 aromatic rings. The number of nitrogens with zero attached hydrogens (tertiary/aromatic N) is 4. The Morgan fingerprint density at radius 3 is 3.05 bits per heavy atom. The first kappa shape index (κ1) is 12.3. The van der Waals surface area contributed by atoms with Crippen LogP contribution in [0.25, 0.3) is 5.65 Å². The molecule has 1 aliphatic heterocycles. The number of imidazole rings is 1. The van der Waals surface area contributed by atoms with Crippen LogP contribution in [0.3, 0.4) is 0 Å². The molecule has 1 fully saturated rings. The van der Waals surface area contributed by atoms with Crippen molar-refractivity contribution in [3.05, 3.63) is 18.6 Å². The second-order valence-electron chi connectivity index (χ2n) is 5.15. The molecule has 0 bridgehead atoms. The first-order valence-electron chi connectivity index (χ1n) is 7.14. The summed E-state index contributed by atoms with van der Waals surface area (Å²) in [5.74, 6) is 2.72. The van der Waals surface area contributed by atoms with Crippen molar-refractivity contribution < 1.29 is 0 Å². The fourth-order valence-electron chi connectivity index (χ4n) is 2.75. The van der Waals surface area contributed by atoms with Gasteiger partial charge in [-0.2, -0.15) is 0 Å². The normalized spacial score (nSPS) is 19.3. The minimum atomic E-state index is 0.791. The standard InChI is InChI=1S/C14H21N5/c1-3-11-5-7-18(9-11)14-13-16-6-8-19(13)10-12(17-14)15-4-2/h6,8,10-11,15H,3-5,7,9H2,1-2H3. The van der Waals surface area contributed by atoms with E-state index in [4.69, 9.17) is 4.98 Å². The SMILES string of the molecule is CCNc1cn2ccnc2c(N2CCC(CC)C2)n1. The van der Waals surface area contributed by atoms with Gasteiger partial charge >= 0.3 is 0 Å². The monoisotopic (exact) mass is 259 g/mol. The van der Waals surface area contributed by atoms with Crippen LogP contribution in [0.1, 0.15) is 26.7 Å². The zero-order chi connectivity index (χ0) is 13.2. The molecule has 19 heavy (non-hydrogen) atoms. The average Bonchev–Trinajstić information content (AvgIpc) is 3.06. The third-order valence-corrected chi connectivity index (χ3v) is 3.88. The van der Waals surface area contributed by atoms with Crippen LogP contribution >= 0.6 is 0 Å². The number of nitrogens with one attached hydrogen (secondary N) is 1. The number of rotatable bonds is 4. The van der Waals surface area contributed by atoms with Crippen LogP contribution in [-0.2, 0) is 0 Å². The van der Waals surface area contributed by atoms with Gasteiger partial charge in [0.2, 0.25) is 0 Å². The van der Waals surface area contributed by atoms with Crippen molar-refractivity contribution in [1.29, 1.82) is 0 Å². The van der Waals surface area contributed by atoms with E-state index in [0.717, 1.165) is 42.8 Å². The van der Waals surface area contributed by atoms with E-state index in [1.165, 1.54) is 12.8 Å². The molecule has 5 heteroatoms. The maximum absolute atomic E-state index is 4.75. The molecule has 0 saturated carbocycles. The van der Waals surface area contributed by atoms with Gasteiger partial charge in [0.15, 0.2) is 11.5 Å². The Labute approximate surface area is 113 Å². The molecule has 1 atom stereocenters. The molecule has 2 aromatic heterocycles. The lowest BCUT2D eigenvalue weighted by atomic mass is 10.1. The van der Waals surface area contributed by atoms with Crippen LogP contribution in [-0.4, -0.2) is 34.0 Å². The van der Waals surface area contributed by atoms with Crippen molar-refractivity contribution >= 4 is 17.3 Å². The molecule has 0 aromatic carbocycles. The second kappa shape index (κ2) is 5.07. The van der Waals surface area contributed by atoms with E-state index in [2.05, 4.69) is 33.4 Å². The van der Waals surface area contributed by atoms with Gasteiger partial charge < -0.3 is 14.6 Å². The summed E-state index contributed by atoms with van der Waals surface area (Å²) >= 11 is 0. The summed E-state index contributed by atoms with van der Waals surface area (Å²) in [4.78, 5) is 11.6. The summed E-state index contributed by atoms with van der Waals surface area (Å²) in [6.45, 7) is 7.42. The lowest BCUT2D eigenvalue weighted by Gasteiger charge is -2.19. The molecule has 0 radical (unpaired) electrons. The summed E-state index contributed by atoms with van der Waals surface area (Å²) < 4.78 is 2.06.